The average Bonchev–Trinajstić information content (AvgIpc) is 3.08. The highest BCUT2D eigenvalue weighted by Crippen LogP contribution is 2.26. The topological polar surface area (TPSA) is 85.9 Å². The van der Waals surface area contributed by atoms with Gasteiger partial charge in [0.1, 0.15) is 22.9 Å². The molecule has 7 nitrogen and oxygen atoms in total. The Kier molecular flexibility index (Phi) is 6.85. The number of hydrogen-bond donors (Lipinski definition) is 3. The molecular formula is C24H33N5O2. The van der Waals surface area contributed by atoms with E-state index < -0.39 is 5.60 Å². The molecule has 3 aromatic rings. The number of benzene rings is 1. The van der Waals surface area contributed by atoms with E-state index in [9.17, 15) is 5.11 Å². The fraction of sp³-hybridized carbons (Fsp3) is 0.417. The molecule has 166 valence electrons. The zero-order valence-electron chi connectivity index (χ0n) is 19.3. The van der Waals surface area contributed by atoms with E-state index in [2.05, 4.69) is 22.8 Å². The summed E-state index contributed by atoms with van der Waals surface area (Å²) in [4.78, 5) is 11.5. The van der Waals surface area contributed by atoms with Crippen LogP contribution in [0.4, 0.5) is 5.82 Å². The predicted octanol–water partition coefficient (Wildman–Crippen LogP) is 3.47. The summed E-state index contributed by atoms with van der Waals surface area (Å²) >= 11 is 0. The molecular weight excluding hydrogens is 390 g/mol. The number of nitrogens with zero attached hydrogens (tertiary/aromatic N) is 3. The second-order valence-corrected chi connectivity index (χ2v) is 8.20. The van der Waals surface area contributed by atoms with Crippen LogP contribution in [0, 0.1) is 13.8 Å². The summed E-state index contributed by atoms with van der Waals surface area (Å²) in [6.45, 7) is 9.06. The van der Waals surface area contributed by atoms with Gasteiger partial charge in [0, 0.05) is 31.6 Å². The van der Waals surface area contributed by atoms with Gasteiger partial charge in [-0.15, -0.1) is 0 Å². The van der Waals surface area contributed by atoms with Gasteiger partial charge in [-0.3, -0.25) is 0 Å². The van der Waals surface area contributed by atoms with Crippen molar-refractivity contribution in [1.82, 2.24) is 15.6 Å². The summed E-state index contributed by atoms with van der Waals surface area (Å²) in [6.07, 6.45) is 0. The number of hydrogen-bond acceptors (Lipinski definition) is 5. The maximum absolute atomic E-state index is 11.0. The van der Waals surface area contributed by atoms with Crippen molar-refractivity contribution >= 4 is 22.7 Å². The summed E-state index contributed by atoms with van der Waals surface area (Å²) in [5, 5.41) is 18.6. The van der Waals surface area contributed by atoms with Crippen molar-refractivity contribution in [3.05, 3.63) is 59.0 Å². The zero-order valence-corrected chi connectivity index (χ0v) is 19.3. The lowest BCUT2D eigenvalue weighted by atomic mass is 9.96. The number of anilines is 1. The minimum atomic E-state index is -1.08. The number of pyridine rings is 1. The highest BCUT2D eigenvalue weighted by Gasteiger charge is 2.27. The van der Waals surface area contributed by atoms with Crippen LogP contribution in [0.15, 0.2) is 45.8 Å². The summed E-state index contributed by atoms with van der Waals surface area (Å²) < 4.78 is 5.59. The van der Waals surface area contributed by atoms with Gasteiger partial charge in [0.2, 0.25) is 0 Å². The number of aromatic nitrogens is 1. The molecule has 0 aliphatic heterocycles. The molecule has 1 unspecified atom stereocenters. The molecule has 3 N–H and O–H groups in total. The Morgan fingerprint density at radius 3 is 2.58 bits per heavy atom. The number of nitrogens with one attached hydrogen (secondary N) is 2. The quantitative estimate of drug-likeness (QED) is 0.399. The van der Waals surface area contributed by atoms with E-state index >= 15 is 0 Å². The molecule has 1 atom stereocenters. The number of aryl methyl sites for hydroxylation is 2. The Balaban J connectivity index is 1.82. The van der Waals surface area contributed by atoms with E-state index in [4.69, 9.17) is 14.4 Å². The Hall–Kier alpha value is -3.06. The Morgan fingerprint density at radius 1 is 1.19 bits per heavy atom. The van der Waals surface area contributed by atoms with Crippen molar-refractivity contribution in [3.63, 3.8) is 0 Å². The Morgan fingerprint density at radius 2 is 1.94 bits per heavy atom. The van der Waals surface area contributed by atoms with Gasteiger partial charge in [-0.05, 0) is 51.5 Å². The van der Waals surface area contributed by atoms with Crippen LogP contribution in [0.2, 0.25) is 0 Å². The van der Waals surface area contributed by atoms with Gasteiger partial charge in [0.05, 0.1) is 18.6 Å². The summed E-state index contributed by atoms with van der Waals surface area (Å²) in [6, 6.07) is 12.1. The van der Waals surface area contributed by atoms with Gasteiger partial charge in [-0.1, -0.05) is 18.2 Å². The van der Waals surface area contributed by atoms with Crippen LogP contribution in [-0.4, -0.2) is 43.2 Å². The van der Waals surface area contributed by atoms with Crippen LogP contribution < -0.4 is 15.5 Å². The van der Waals surface area contributed by atoms with Crippen molar-refractivity contribution in [2.45, 2.75) is 39.8 Å². The molecule has 2 heterocycles. The molecule has 2 aromatic heterocycles. The van der Waals surface area contributed by atoms with Crippen LogP contribution in [0.25, 0.3) is 10.9 Å². The number of fused-ring (bicyclic) bond motifs is 1. The van der Waals surface area contributed by atoms with E-state index in [1.807, 2.05) is 64.0 Å². The summed E-state index contributed by atoms with van der Waals surface area (Å²) in [7, 11) is 3.97. The van der Waals surface area contributed by atoms with E-state index in [1.54, 1.807) is 6.92 Å². The number of guanidine groups is 1. The lowest BCUT2D eigenvalue weighted by Crippen LogP contribution is -2.44. The van der Waals surface area contributed by atoms with Crippen LogP contribution in [-0.2, 0) is 12.1 Å². The van der Waals surface area contributed by atoms with Gasteiger partial charge in [0.25, 0.3) is 0 Å². The molecule has 0 spiro atoms. The first-order valence-corrected chi connectivity index (χ1v) is 10.6. The van der Waals surface area contributed by atoms with Gasteiger partial charge >= 0.3 is 0 Å². The lowest BCUT2D eigenvalue weighted by molar-refractivity contribution is 0.0601. The third kappa shape index (κ3) is 5.35. The van der Waals surface area contributed by atoms with Crippen LogP contribution in [0.3, 0.4) is 0 Å². The first-order valence-electron chi connectivity index (χ1n) is 10.6. The molecule has 31 heavy (non-hydrogen) atoms. The Bertz CT molecular complexity index is 1070. The molecule has 3 rings (SSSR count). The minimum Gasteiger partial charge on any atom is -0.466 e. The molecule has 0 saturated heterocycles. The van der Waals surface area contributed by atoms with Crippen molar-refractivity contribution in [3.8, 4) is 0 Å². The molecule has 0 amide bonds. The number of rotatable bonds is 7. The standard InChI is InChI=1S/C24H33N5O2/c1-7-25-23(27-15-24(4,30)20-12-16(2)31-17(20)3)26-14-18-13-22(29(5)6)28-21-11-9-8-10-19(18)21/h8-13,30H,7,14-15H2,1-6H3,(H2,25,26,27). The molecule has 7 heteroatoms. The lowest BCUT2D eigenvalue weighted by Gasteiger charge is -2.24. The van der Waals surface area contributed by atoms with E-state index in [-0.39, 0.29) is 0 Å². The fourth-order valence-corrected chi connectivity index (χ4v) is 3.61. The highest BCUT2D eigenvalue weighted by atomic mass is 16.3. The van der Waals surface area contributed by atoms with E-state index in [0.29, 0.717) is 19.0 Å². The number of aliphatic hydroxyl groups is 1. The average molecular weight is 424 g/mol. The first kappa shape index (κ1) is 22.6. The third-order valence-electron chi connectivity index (χ3n) is 5.22. The number of aliphatic imine (C=N–C) groups is 1. The predicted molar refractivity (Wildman–Crippen MR) is 127 cm³/mol. The van der Waals surface area contributed by atoms with Gasteiger partial charge in [-0.2, -0.15) is 0 Å². The minimum absolute atomic E-state index is 0.304. The number of furan rings is 1. The van der Waals surface area contributed by atoms with Crippen molar-refractivity contribution < 1.29 is 9.52 Å². The summed E-state index contributed by atoms with van der Waals surface area (Å²) in [5.74, 6) is 3.06. The molecule has 0 bridgehead atoms. The van der Waals surface area contributed by atoms with Crippen molar-refractivity contribution in [2.24, 2.45) is 4.99 Å². The SMILES string of the molecule is CCNC(=NCc1cc(N(C)C)nc2ccccc12)NCC(C)(O)c1cc(C)oc1C. The monoisotopic (exact) mass is 423 g/mol. The van der Waals surface area contributed by atoms with Crippen LogP contribution in [0.1, 0.15) is 36.5 Å². The molecule has 0 fully saturated rings. The first-order chi connectivity index (χ1) is 14.7. The Labute approximate surface area is 184 Å². The third-order valence-corrected chi connectivity index (χ3v) is 5.22. The van der Waals surface area contributed by atoms with Gasteiger partial charge in [0.15, 0.2) is 5.96 Å². The van der Waals surface area contributed by atoms with Crippen LogP contribution in [0.5, 0.6) is 0 Å². The molecule has 1 aromatic carbocycles. The highest BCUT2D eigenvalue weighted by molar-refractivity contribution is 5.85. The van der Waals surface area contributed by atoms with Crippen LogP contribution >= 0.6 is 0 Å². The summed E-state index contributed by atoms with van der Waals surface area (Å²) in [5.41, 5.74) is 1.74. The van der Waals surface area contributed by atoms with Crippen molar-refractivity contribution in [1.29, 1.82) is 0 Å². The fourth-order valence-electron chi connectivity index (χ4n) is 3.61. The van der Waals surface area contributed by atoms with Gasteiger partial charge < -0.3 is 25.1 Å². The largest absolute Gasteiger partial charge is 0.466 e. The maximum Gasteiger partial charge on any atom is 0.191 e. The second kappa shape index (κ2) is 9.39. The zero-order chi connectivity index (χ0) is 22.6. The maximum atomic E-state index is 11.0. The molecule has 0 radical (unpaired) electrons. The van der Waals surface area contributed by atoms with E-state index in [1.165, 1.54) is 0 Å². The molecule has 0 aliphatic carbocycles. The van der Waals surface area contributed by atoms with Crippen molar-refractivity contribution in [2.75, 3.05) is 32.1 Å². The molecule has 0 aliphatic rings. The molecule has 0 saturated carbocycles. The van der Waals surface area contributed by atoms with E-state index in [0.717, 1.165) is 45.9 Å². The number of para-hydroxylation sites is 1. The second-order valence-electron chi connectivity index (χ2n) is 8.20. The smallest absolute Gasteiger partial charge is 0.191 e. The van der Waals surface area contributed by atoms with Gasteiger partial charge in [-0.25, -0.2) is 9.98 Å². The normalized spacial score (nSPS) is 13.8.